The van der Waals surface area contributed by atoms with Crippen LogP contribution in [0.5, 0.6) is 0 Å². The van der Waals surface area contributed by atoms with Crippen molar-refractivity contribution in [3.8, 4) is 0 Å². The largest absolute Gasteiger partial charge is 0.416 e. The minimum Gasteiger partial charge on any atom is -0.370 e. The van der Waals surface area contributed by atoms with Crippen LogP contribution in [0.1, 0.15) is 11.3 Å². The maximum Gasteiger partial charge on any atom is 0.416 e. The van der Waals surface area contributed by atoms with Gasteiger partial charge in [0.25, 0.3) is 0 Å². The zero-order chi connectivity index (χ0) is 13.9. The van der Waals surface area contributed by atoms with Crippen molar-refractivity contribution in [3.05, 3.63) is 41.1 Å². The molecule has 0 aliphatic heterocycles. The van der Waals surface area contributed by atoms with Crippen LogP contribution in [-0.2, 0) is 12.6 Å². The van der Waals surface area contributed by atoms with Gasteiger partial charge in [-0.15, -0.1) is 0 Å². The van der Waals surface area contributed by atoms with E-state index < -0.39 is 11.7 Å². The lowest BCUT2D eigenvalue weighted by Gasteiger charge is -2.10. The van der Waals surface area contributed by atoms with Crippen LogP contribution in [0.15, 0.2) is 24.7 Å². The summed E-state index contributed by atoms with van der Waals surface area (Å²) in [5, 5.41) is 2.60. The maximum absolute atomic E-state index is 12.6. The summed E-state index contributed by atoms with van der Waals surface area (Å²) in [7, 11) is 0. The van der Waals surface area contributed by atoms with Gasteiger partial charge in [0.05, 0.1) is 11.9 Å². The van der Waals surface area contributed by atoms with E-state index in [9.17, 15) is 13.2 Å². The van der Waals surface area contributed by atoms with Crippen LogP contribution in [0.2, 0.25) is 5.15 Å². The number of aromatic nitrogens is 3. The Labute approximate surface area is 112 Å². The SMILES string of the molecule is FC(F)(F)c1cc(Cl)nc(NCCc2cnc[nH]2)c1. The molecule has 2 heterocycles. The molecule has 4 nitrogen and oxygen atoms in total. The highest BCUT2D eigenvalue weighted by Gasteiger charge is 2.31. The van der Waals surface area contributed by atoms with Gasteiger partial charge in [-0.2, -0.15) is 13.2 Å². The first-order valence-electron chi connectivity index (χ1n) is 5.41. The molecule has 0 aliphatic carbocycles. The number of imidazole rings is 1. The molecule has 8 heteroatoms. The number of hydrogen-bond acceptors (Lipinski definition) is 3. The van der Waals surface area contributed by atoms with Gasteiger partial charge < -0.3 is 10.3 Å². The number of anilines is 1. The molecule has 2 aromatic rings. The highest BCUT2D eigenvalue weighted by atomic mass is 35.5. The fourth-order valence-electron chi connectivity index (χ4n) is 1.50. The van der Waals surface area contributed by atoms with Gasteiger partial charge in [0, 0.05) is 24.9 Å². The minimum absolute atomic E-state index is 0.0966. The third-order valence-corrected chi connectivity index (χ3v) is 2.57. The smallest absolute Gasteiger partial charge is 0.370 e. The van der Waals surface area contributed by atoms with Gasteiger partial charge in [0.15, 0.2) is 0 Å². The van der Waals surface area contributed by atoms with Crippen molar-refractivity contribution in [2.45, 2.75) is 12.6 Å². The van der Waals surface area contributed by atoms with Gasteiger partial charge >= 0.3 is 6.18 Å². The second-order valence-corrected chi connectivity index (χ2v) is 4.20. The number of hydrogen-bond donors (Lipinski definition) is 2. The van der Waals surface area contributed by atoms with Crippen LogP contribution in [0, 0.1) is 0 Å². The average molecular weight is 291 g/mol. The van der Waals surface area contributed by atoms with Crippen molar-refractivity contribution in [2.24, 2.45) is 0 Å². The monoisotopic (exact) mass is 290 g/mol. The lowest BCUT2D eigenvalue weighted by molar-refractivity contribution is -0.137. The summed E-state index contributed by atoms with van der Waals surface area (Å²) < 4.78 is 37.7. The topological polar surface area (TPSA) is 53.6 Å². The van der Waals surface area contributed by atoms with Gasteiger partial charge in [0.2, 0.25) is 0 Å². The van der Waals surface area contributed by atoms with E-state index in [1.165, 1.54) is 6.33 Å². The van der Waals surface area contributed by atoms with Crippen LogP contribution >= 0.6 is 11.6 Å². The Balaban J connectivity index is 2.02. The predicted molar refractivity (Wildman–Crippen MR) is 65.0 cm³/mol. The van der Waals surface area contributed by atoms with E-state index in [4.69, 9.17) is 11.6 Å². The molecule has 0 aromatic carbocycles. The number of H-pyrrole nitrogens is 1. The molecule has 102 valence electrons. The predicted octanol–water partition coefficient (Wildman–Crippen LogP) is 3.13. The standard InChI is InChI=1S/C11H10ClF3N4/c12-9-3-7(11(13,14)15)4-10(19-9)17-2-1-8-5-16-6-18-8/h3-6H,1-2H2,(H,16,18)(H,17,19). The Morgan fingerprint density at radius 1 is 1.32 bits per heavy atom. The van der Waals surface area contributed by atoms with Crippen LogP contribution in [0.25, 0.3) is 0 Å². The molecule has 2 rings (SSSR count). The summed E-state index contributed by atoms with van der Waals surface area (Å²) >= 11 is 5.57. The Morgan fingerprint density at radius 3 is 2.74 bits per heavy atom. The van der Waals surface area contributed by atoms with Crippen molar-refractivity contribution in [1.82, 2.24) is 15.0 Å². The summed E-state index contributed by atoms with van der Waals surface area (Å²) in [5.74, 6) is 0.0966. The molecule has 0 spiro atoms. The first-order chi connectivity index (χ1) is 8.95. The maximum atomic E-state index is 12.6. The second kappa shape index (κ2) is 5.48. The number of nitrogens with zero attached hydrogens (tertiary/aromatic N) is 2. The zero-order valence-electron chi connectivity index (χ0n) is 9.63. The van der Waals surface area contributed by atoms with Crippen molar-refractivity contribution in [3.63, 3.8) is 0 Å². The van der Waals surface area contributed by atoms with E-state index in [1.807, 2.05) is 0 Å². The Bertz CT molecular complexity index is 539. The fourth-order valence-corrected chi connectivity index (χ4v) is 1.71. The number of rotatable bonds is 4. The Morgan fingerprint density at radius 2 is 2.11 bits per heavy atom. The van der Waals surface area contributed by atoms with Gasteiger partial charge in [0.1, 0.15) is 11.0 Å². The quantitative estimate of drug-likeness (QED) is 0.851. The molecule has 0 unspecified atom stereocenters. The molecule has 2 aromatic heterocycles. The van der Waals surface area contributed by atoms with Crippen LogP contribution < -0.4 is 5.32 Å². The molecule has 0 fully saturated rings. The Hall–Kier alpha value is -1.76. The van der Waals surface area contributed by atoms with Crippen molar-refractivity contribution >= 4 is 17.4 Å². The van der Waals surface area contributed by atoms with E-state index in [1.54, 1.807) is 6.20 Å². The van der Waals surface area contributed by atoms with Crippen molar-refractivity contribution in [1.29, 1.82) is 0 Å². The number of aromatic amines is 1. The fraction of sp³-hybridized carbons (Fsp3) is 0.273. The van der Waals surface area contributed by atoms with E-state index in [2.05, 4.69) is 20.3 Å². The number of pyridine rings is 1. The van der Waals surface area contributed by atoms with Crippen molar-refractivity contribution in [2.75, 3.05) is 11.9 Å². The number of nitrogens with one attached hydrogen (secondary N) is 2. The van der Waals surface area contributed by atoms with E-state index in [0.29, 0.717) is 13.0 Å². The summed E-state index contributed by atoms with van der Waals surface area (Å²) in [6, 6.07) is 1.72. The normalized spacial score (nSPS) is 11.6. The number of halogens is 4. The second-order valence-electron chi connectivity index (χ2n) is 3.82. The lowest BCUT2D eigenvalue weighted by atomic mass is 10.2. The molecule has 0 saturated carbocycles. The first kappa shape index (κ1) is 13.7. The third-order valence-electron chi connectivity index (χ3n) is 2.38. The highest BCUT2D eigenvalue weighted by molar-refractivity contribution is 6.29. The molecular formula is C11H10ClF3N4. The number of alkyl halides is 3. The molecular weight excluding hydrogens is 281 g/mol. The average Bonchev–Trinajstić information content (AvgIpc) is 2.80. The Kier molecular flexibility index (Phi) is 3.94. The van der Waals surface area contributed by atoms with Gasteiger partial charge in [-0.1, -0.05) is 11.6 Å². The summed E-state index contributed by atoms with van der Waals surface area (Å²) in [5.41, 5.74) is 0.0575. The molecule has 0 radical (unpaired) electrons. The van der Waals surface area contributed by atoms with Crippen LogP contribution in [0.4, 0.5) is 19.0 Å². The molecule has 2 N–H and O–H groups in total. The third kappa shape index (κ3) is 3.85. The van der Waals surface area contributed by atoms with E-state index in [0.717, 1.165) is 17.8 Å². The van der Waals surface area contributed by atoms with Crippen LogP contribution in [0.3, 0.4) is 0 Å². The molecule has 0 saturated heterocycles. The van der Waals surface area contributed by atoms with E-state index in [-0.39, 0.29) is 11.0 Å². The highest BCUT2D eigenvalue weighted by Crippen LogP contribution is 2.31. The van der Waals surface area contributed by atoms with Crippen LogP contribution in [-0.4, -0.2) is 21.5 Å². The lowest BCUT2D eigenvalue weighted by Crippen LogP contribution is -2.10. The van der Waals surface area contributed by atoms with Crippen molar-refractivity contribution < 1.29 is 13.2 Å². The summed E-state index contributed by atoms with van der Waals surface area (Å²) in [6.45, 7) is 0.423. The summed E-state index contributed by atoms with van der Waals surface area (Å²) in [4.78, 5) is 10.5. The van der Waals surface area contributed by atoms with Gasteiger partial charge in [-0.05, 0) is 12.1 Å². The minimum atomic E-state index is -4.44. The molecule has 0 aliphatic rings. The first-order valence-corrected chi connectivity index (χ1v) is 5.79. The van der Waals surface area contributed by atoms with Gasteiger partial charge in [-0.25, -0.2) is 9.97 Å². The molecule has 0 bridgehead atoms. The molecule has 19 heavy (non-hydrogen) atoms. The molecule has 0 atom stereocenters. The van der Waals surface area contributed by atoms with Gasteiger partial charge in [-0.3, -0.25) is 0 Å². The zero-order valence-corrected chi connectivity index (χ0v) is 10.4. The molecule has 0 amide bonds. The summed E-state index contributed by atoms with van der Waals surface area (Å²) in [6.07, 6.45) is -0.662. The van der Waals surface area contributed by atoms with E-state index >= 15 is 0 Å².